The Balaban J connectivity index is 1.68. The van der Waals surface area contributed by atoms with E-state index in [9.17, 15) is 9.18 Å². The molecule has 4 rings (SSSR count). The molecule has 22 heavy (non-hydrogen) atoms. The third kappa shape index (κ3) is 2.26. The average molecular weight is 320 g/mol. The predicted molar refractivity (Wildman–Crippen MR) is 84.2 cm³/mol. The summed E-state index contributed by atoms with van der Waals surface area (Å²) >= 11 is 1.40. The number of hydrogen-bond donors (Lipinski definition) is 1. The number of rotatable bonds is 2. The normalized spacial score (nSPS) is 24.7. The second-order valence-electron chi connectivity index (χ2n) is 6.32. The summed E-state index contributed by atoms with van der Waals surface area (Å²) in [5.41, 5.74) is 0.273. The minimum Gasteiger partial charge on any atom is -0.478 e. The van der Waals surface area contributed by atoms with Gasteiger partial charge in [0.1, 0.15) is 5.52 Å². The van der Waals surface area contributed by atoms with Crippen LogP contribution < -0.4 is 4.90 Å². The molecule has 1 aromatic carbocycles. The highest BCUT2D eigenvalue weighted by molar-refractivity contribution is 7.22. The number of fused-ring (bicyclic) bond motifs is 2. The van der Waals surface area contributed by atoms with Crippen LogP contribution in [0.25, 0.3) is 10.2 Å². The molecule has 0 radical (unpaired) electrons. The number of anilines is 1. The van der Waals surface area contributed by atoms with Gasteiger partial charge >= 0.3 is 5.97 Å². The minimum atomic E-state index is -1.11. The first-order valence-corrected chi connectivity index (χ1v) is 8.52. The van der Waals surface area contributed by atoms with E-state index in [1.165, 1.54) is 43.1 Å². The average Bonchev–Trinajstić information content (AvgIpc) is 3.10. The first kappa shape index (κ1) is 13.9. The SMILES string of the molecule is O=C(O)c1cc(F)c2nc(N3CC4CCCC[C@@H]4C3)sc2c1. The van der Waals surface area contributed by atoms with Crippen molar-refractivity contribution in [2.45, 2.75) is 25.7 Å². The highest BCUT2D eigenvalue weighted by atomic mass is 32.1. The molecule has 1 aliphatic carbocycles. The van der Waals surface area contributed by atoms with Crippen molar-refractivity contribution in [1.82, 2.24) is 4.98 Å². The molecular weight excluding hydrogens is 303 g/mol. The van der Waals surface area contributed by atoms with Gasteiger partial charge in [0.05, 0.1) is 10.3 Å². The van der Waals surface area contributed by atoms with E-state index >= 15 is 0 Å². The van der Waals surface area contributed by atoms with E-state index in [2.05, 4.69) is 9.88 Å². The molecule has 2 aliphatic rings. The maximum Gasteiger partial charge on any atom is 0.335 e. The number of aromatic carboxylic acids is 1. The van der Waals surface area contributed by atoms with Crippen LogP contribution in [0, 0.1) is 17.7 Å². The molecule has 1 saturated carbocycles. The number of nitrogens with zero attached hydrogens (tertiary/aromatic N) is 2. The molecule has 0 bridgehead atoms. The highest BCUT2D eigenvalue weighted by Gasteiger charge is 2.35. The Kier molecular flexibility index (Phi) is 3.29. The van der Waals surface area contributed by atoms with Crippen molar-refractivity contribution < 1.29 is 14.3 Å². The standard InChI is InChI=1S/C16H17FN2O2S/c17-12-5-11(15(20)21)6-13-14(12)18-16(22-13)19-7-9-3-1-2-4-10(9)8-19/h5-6,9-10H,1-4,7-8H2,(H,20,21)/t9-,10?/m1/s1. The Hall–Kier alpha value is -1.69. The zero-order valence-electron chi connectivity index (χ0n) is 12.1. The van der Waals surface area contributed by atoms with Crippen molar-refractivity contribution in [3.05, 3.63) is 23.5 Å². The number of carboxylic acids is 1. The van der Waals surface area contributed by atoms with Gasteiger partial charge in [-0.05, 0) is 36.8 Å². The van der Waals surface area contributed by atoms with Crippen molar-refractivity contribution in [1.29, 1.82) is 0 Å². The van der Waals surface area contributed by atoms with Crippen LogP contribution >= 0.6 is 11.3 Å². The second kappa shape index (κ2) is 5.19. The van der Waals surface area contributed by atoms with Crippen molar-refractivity contribution in [2.24, 2.45) is 11.8 Å². The number of benzene rings is 1. The molecule has 1 N–H and O–H groups in total. The Morgan fingerprint density at radius 3 is 2.59 bits per heavy atom. The van der Waals surface area contributed by atoms with Crippen LogP contribution in [0.1, 0.15) is 36.0 Å². The lowest BCUT2D eigenvalue weighted by Crippen LogP contribution is -2.19. The molecule has 116 valence electrons. The number of aromatic nitrogens is 1. The van der Waals surface area contributed by atoms with E-state index in [1.807, 2.05) is 0 Å². The summed E-state index contributed by atoms with van der Waals surface area (Å²) in [6.45, 7) is 2.00. The van der Waals surface area contributed by atoms with Gasteiger partial charge in [-0.15, -0.1) is 0 Å². The van der Waals surface area contributed by atoms with Crippen LogP contribution in [0.5, 0.6) is 0 Å². The van der Waals surface area contributed by atoms with E-state index in [0.29, 0.717) is 10.2 Å². The third-order valence-electron chi connectivity index (χ3n) is 4.93. The Labute approximate surface area is 131 Å². The predicted octanol–water partition coefficient (Wildman–Crippen LogP) is 3.76. The van der Waals surface area contributed by atoms with E-state index in [-0.39, 0.29) is 5.56 Å². The molecule has 2 atom stereocenters. The number of carboxylic acid groups (broad SMARTS) is 1. The van der Waals surface area contributed by atoms with Gasteiger partial charge in [-0.25, -0.2) is 14.2 Å². The maximum atomic E-state index is 14.1. The van der Waals surface area contributed by atoms with Crippen LogP contribution in [0.3, 0.4) is 0 Å². The number of carbonyl (C=O) groups is 1. The second-order valence-corrected chi connectivity index (χ2v) is 7.33. The number of hydrogen-bond acceptors (Lipinski definition) is 4. The molecule has 6 heteroatoms. The van der Waals surface area contributed by atoms with Gasteiger partial charge in [0.2, 0.25) is 0 Å². The smallest absolute Gasteiger partial charge is 0.335 e. The van der Waals surface area contributed by atoms with Crippen molar-refractivity contribution >= 4 is 32.7 Å². The summed E-state index contributed by atoms with van der Waals surface area (Å²) in [5.74, 6) is -0.183. The first-order valence-electron chi connectivity index (χ1n) is 7.70. The topological polar surface area (TPSA) is 53.4 Å². The van der Waals surface area contributed by atoms with E-state index in [4.69, 9.17) is 5.11 Å². The maximum absolute atomic E-state index is 14.1. The lowest BCUT2D eigenvalue weighted by atomic mass is 9.82. The first-order chi connectivity index (χ1) is 10.6. The molecule has 1 unspecified atom stereocenters. The molecule has 1 aromatic heterocycles. The van der Waals surface area contributed by atoms with Crippen LogP contribution in [0.15, 0.2) is 12.1 Å². The van der Waals surface area contributed by atoms with Gasteiger partial charge in [0.25, 0.3) is 0 Å². The van der Waals surface area contributed by atoms with Gasteiger partial charge in [-0.1, -0.05) is 24.2 Å². The van der Waals surface area contributed by atoms with Crippen LogP contribution in [-0.4, -0.2) is 29.1 Å². The summed E-state index contributed by atoms with van der Waals surface area (Å²) < 4.78 is 14.7. The quantitative estimate of drug-likeness (QED) is 0.915. The Bertz CT molecular complexity index is 731. The van der Waals surface area contributed by atoms with Gasteiger partial charge < -0.3 is 10.0 Å². The van der Waals surface area contributed by atoms with E-state index < -0.39 is 11.8 Å². The van der Waals surface area contributed by atoms with E-state index in [1.54, 1.807) is 0 Å². The molecular formula is C16H17FN2O2S. The molecule has 1 aliphatic heterocycles. The Morgan fingerprint density at radius 2 is 1.95 bits per heavy atom. The largest absolute Gasteiger partial charge is 0.478 e. The molecule has 2 heterocycles. The lowest BCUT2D eigenvalue weighted by Gasteiger charge is -2.22. The zero-order valence-corrected chi connectivity index (χ0v) is 12.9. The summed E-state index contributed by atoms with van der Waals surface area (Å²) in [7, 11) is 0. The molecule has 2 aromatic rings. The fourth-order valence-corrected chi connectivity index (χ4v) is 4.84. The van der Waals surface area contributed by atoms with Crippen molar-refractivity contribution in [3.63, 3.8) is 0 Å². The molecule has 2 fully saturated rings. The van der Waals surface area contributed by atoms with Gasteiger partial charge in [-0.3, -0.25) is 0 Å². The van der Waals surface area contributed by atoms with Gasteiger partial charge in [-0.2, -0.15) is 0 Å². The van der Waals surface area contributed by atoms with Gasteiger partial charge in [0.15, 0.2) is 10.9 Å². The van der Waals surface area contributed by atoms with Gasteiger partial charge in [0, 0.05) is 13.1 Å². The third-order valence-corrected chi connectivity index (χ3v) is 5.99. The summed E-state index contributed by atoms with van der Waals surface area (Å²) in [5, 5.41) is 9.86. The minimum absolute atomic E-state index is 0.0182. The summed E-state index contributed by atoms with van der Waals surface area (Å²) in [4.78, 5) is 17.7. The fraction of sp³-hybridized carbons (Fsp3) is 0.500. The molecule has 4 nitrogen and oxygen atoms in total. The highest BCUT2D eigenvalue weighted by Crippen LogP contribution is 2.40. The summed E-state index contributed by atoms with van der Waals surface area (Å²) in [6, 6.07) is 2.57. The monoisotopic (exact) mass is 320 g/mol. The fourth-order valence-electron chi connectivity index (χ4n) is 3.80. The van der Waals surface area contributed by atoms with Crippen molar-refractivity contribution in [3.8, 4) is 0 Å². The summed E-state index contributed by atoms with van der Waals surface area (Å²) in [6.07, 6.45) is 5.18. The van der Waals surface area contributed by atoms with Crippen LogP contribution in [0.2, 0.25) is 0 Å². The molecule has 0 spiro atoms. The number of thiazole rings is 1. The van der Waals surface area contributed by atoms with Crippen LogP contribution in [0.4, 0.5) is 9.52 Å². The Morgan fingerprint density at radius 1 is 1.27 bits per heavy atom. The molecule has 0 amide bonds. The number of halogens is 1. The zero-order chi connectivity index (χ0) is 15.3. The van der Waals surface area contributed by atoms with Crippen LogP contribution in [-0.2, 0) is 0 Å². The van der Waals surface area contributed by atoms with Crippen molar-refractivity contribution in [2.75, 3.05) is 18.0 Å². The van der Waals surface area contributed by atoms with E-state index in [0.717, 1.165) is 36.1 Å². The lowest BCUT2D eigenvalue weighted by molar-refractivity contribution is 0.0696. The molecule has 1 saturated heterocycles.